The number of aromatic amines is 1. The van der Waals surface area contributed by atoms with Crippen molar-refractivity contribution in [3.8, 4) is 5.75 Å². The van der Waals surface area contributed by atoms with Gasteiger partial charge in [0, 0.05) is 22.9 Å². The van der Waals surface area contributed by atoms with Gasteiger partial charge in [-0.2, -0.15) is 13.2 Å². The van der Waals surface area contributed by atoms with E-state index in [4.69, 9.17) is 20.4 Å². The maximum Gasteiger partial charge on any atom is 0.490 e. The van der Waals surface area contributed by atoms with Crippen molar-refractivity contribution >= 4 is 22.8 Å². The van der Waals surface area contributed by atoms with Gasteiger partial charge in [-0.1, -0.05) is 0 Å². The second-order valence-electron chi connectivity index (χ2n) is 5.67. The Bertz CT molecular complexity index is 923. The van der Waals surface area contributed by atoms with Crippen LogP contribution in [-0.2, 0) is 20.7 Å². The van der Waals surface area contributed by atoms with E-state index in [1.807, 2.05) is 19.1 Å². The summed E-state index contributed by atoms with van der Waals surface area (Å²) in [4.78, 5) is 35.1. The van der Waals surface area contributed by atoms with Gasteiger partial charge in [-0.25, -0.2) is 4.79 Å². The van der Waals surface area contributed by atoms with Gasteiger partial charge in [0.2, 0.25) is 0 Å². The molecule has 1 aromatic heterocycles. The summed E-state index contributed by atoms with van der Waals surface area (Å²) in [5, 5.41) is 7.95. The lowest BCUT2D eigenvalue weighted by Crippen LogP contribution is -2.35. The lowest BCUT2D eigenvalue weighted by Gasteiger charge is -2.11. The Hall–Kier alpha value is -3.08. The highest BCUT2D eigenvalue weighted by Crippen LogP contribution is 2.24. The van der Waals surface area contributed by atoms with Crippen LogP contribution >= 0.6 is 0 Å². The summed E-state index contributed by atoms with van der Waals surface area (Å²) in [7, 11) is 2.86. The lowest BCUT2D eigenvalue weighted by molar-refractivity contribution is -0.192. The number of carboxylic acids is 1. The smallest absolute Gasteiger partial charge is 0.490 e. The molecule has 0 aliphatic carbocycles. The summed E-state index contributed by atoms with van der Waals surface area (Å²) in [5.41, 5.74) is 7.53. The molecule has 0 amide bonds. The van der Waals surface area contributed by atoms with Gasteiger partial charge >= 0.3 is 18.1 Å². The number of methoxy groups -OCH3 is 2. The Kier molecular flexibility index (Phi) is 7.56. The van der Waals surface area contributed by atoms with Crippen molar-refractivity contribution in [2.24, 2.45) is 5.73 Å². The number of nitrogens with one attached hydrogen (secondary N) is 1. The fourth-order valence-corrected chi connectivity index (χ4v) is 2.23. The Morgan fingerprint density at radius 1 is 1.25 bits per heavy atom. The summed E-state index contributed by atoms with van der Waals surface area (Å²) in [5.74, 6) is -2.57. The molecule has 0 spiro atoms. The van der Waals surface area contributed by atoms with Gasteiger partial charge in [0.25, 0.3) is 5.56 Å². The van der Waals surface area contributed by atoms with E-state index >= 15 is 0 Å². The third-order valence-electron chi connectivity index (χ3n) is 3.62. The second-order valence-corrected chi connectivity index (χ2v) is 5.67. The fraction of sp³-hybridized carbons (Fsp3) is 0.353. The molecule has 0 saturated carbocycles. The predicted octanol–water partition coefficient (Wildman–Crippen LogP) is 1.52. The zero-order valence-electron chi connectivity index (χ0n) is 15.2. The van der Waals surface area contributed by atoms with Crippen LogP contribution in [0.15, 0.2) is 23.0 Å². The zero-order valence-corrected chi connectivity index (χ0v) is 15.2. The number of halogens is 3. The number of rotatable bonds is 4. The Morgan fingerprint density at radius 2 is 1.82 bits per heavy atom. The van der Waals surface area contributed by atoms with Crippen LogP contribution in [0.5, 0.6) is 5.75 Å². The number of benzene rings is 1. The normalized spacial score (nSPS) is 12.0. The van der Waals surface area contributed by atoms with E-state index in [1.54, 1.807) is 13.2 Å². The van der Waals surface area contributed by atoms with E-state index in [2.05, 4.69) is 9.72 Å². The predicted molar refractivity (Wildman–Crippen MR) is 93.2 cm³/mol. The molecule has 11 heteroatoms. The Labute approximate surface area is 157 Å². The number of nitrogens with two attached hydrogens (primary N) is 1. The number of fused-ring (bicyclic) bond motifs is 1. The summed E-state index contributed by atoms with van der Waals surface area (Å²) in [6.45, 7) is 1.90. The van der Waals surface area contributed by atoms with E-state index in [9.17, 15) is 22.8 Å². The van der Waals surface area contributed by atoms with Crippen molar-refractivity contribution in [2.75, 3.05) is 14.2 Å². The van der Waals surface area contributed by atoms with Gasteiger partial charge in [-0.15, -0.1) is 0 Å². The van der Waals surface area contributed by atoms with Crippen LogP contribution in [0.3, 0.4) is 0 Å². The van der Waals surface area contributed by atoms with Crippen LogP contribution in [0.2, 0.25) is 0 Å². The lowest BCUT2D eigenvalue weighted by atomic mass is 10.0. The highest BCUT2D eigenvalue weighted by atomic mass is 19.4. The molecule has 28 heavy (non-hydrogen) atoms. The summed E-state index contributed by atoms with van der Waals surface area (Å²) >= 11 is 0. The van der Waals surface area contributed by atoms with Gasteiger partial charge in [-0.3, -0.25) is 9.59 Å². The number of pyridine rings is 1. The number of carboxylic acid groups (broad SMARTS) is 1. The molecule has 2 aromatic rings. The fourth-order valence-electron chi connectivity index (χ4n) is 2.23. The first-order valence-corrected chi connectivity index (χ1v) is 7.74. The first kappa shape index (κ1) is 23.0. The van der Waals surface area contributed by atoms with Crippen LogP contribution in [0.4, 0.5) is 13.2 Å². The van der Waals surface area contributed by atoms with Crippen LogP contribution in [0.25, 0.3) is 10.9 Å². The molecular formula is C17H19F3N2O6. The number of alkyl halides is 3. The molecule has 0 radical (unpaired) electrons. The summed E-state index contributed by atoms with van der Waals surface area (Å²) in [6.07, 6.45) is -4.96. The van der Waals surface area contributed by atoms with Gasteiger partial charge in [0.15, 0.2) is 0 Å². The SMILES string of the molecule is COC(=O)[C@@H](N)Cc1cc2cc(OC)c(C)cc2[nH]c1=O.O=C(O)C(F)(F)F. The van der Waals surface area contributed by atoms with Gasteiger partial charge < -0.3 is 25.3 Å². The first-order chi connectivity index (χ1) is 12.9. The van der Waals surface area contributed by atoms with E-state index in [0.29, 0.717) is 11.1 Å². The van der Waals surface area contributed by atoms with Crippen LogP contribution in [-0.4, -0.2) is 48.5 Å². The van der Waals surface area contributed by atoms with Crippen LogP contribution in [0, 0.1) is 6.92 Å². The van der Waals surface area contributed by atoms with E-state index < -0.39 is 24.2 Å². The zero-order chi connectivity index (χ0) is 21.6. The molecule has 1 heterocycles. The number of aromatic nitrogens is 1. The molecule has 2 rings (SSSR count). The number of hydrogen-bond donors (Lipinski definition) is 3. The minimum absolute atomic E-state index is 0.119. The van der Waals surface area contributed by atoms with Crippen molar-refractivity contribution in [1.29, 1.82) is 0 Å². The summed E-state index contributed by atoms with van der Waals surface area (Å²) in [6, 6.07) is 4.55. The highest BCUT2D eigenvalue weighted by Gasteiger charge is 2.38. The molecular weight excluding hydrogens is 385 g/mol. The topological polar surface area (TPSA) is 132 Å². The number of ether oxygens (including phenoxy) is 2. The molecule has 8 nitrogen and oxygen atoms in total. The van der Waals surface area contributed by atoms with Crippen molar-refractivity contribution in [3.63, 3.8) is 0 Å². The largest absolute Gasteiger partial charge is 0.496 e. The summed E-state index contributed by atoms with van der Waals surface area (Å²) < 4.78 is 41.6. The molecule has 0 saturated heterocycles. The highest BCUT2D eigenvalue weighted by molar-refractivity contribution is 5.82. The molecule has 0 fully saturated rings. The first-order valence-electron chi connectivity index (χ1n) is 7.74. The van der Waals surface area contributed by atoms with Gasteiger partial charge in [0.05, 0.1) is 14.2 Å². The molecule has 0 unspecified atom stereocenters. The Balaban J connectivity index is 0.000000480. The van der Waals surface area contributed by atoms with E-state index in [-0.39, 0.29) is 12.0 Å². The van der Waals surface area contributed by atoms with Crippen LogP contribution in [0.1, 0.15) is 11.1 Å². The molecule has 154 valence electrons. The number of esters is 1. The minimum atomic E-state index is -5.08. The number of carbonyl (C=O) groups is 2. The number of H-pyrrole nitrogens is 1. The average Bonchev–Trinajstić information content (AvgIpc) is 2.61. The second kappa shape index (κ2) is 9.22. The molecule has 1 atom stereocenters. The minimum Gasteiger partial charge on any atom is -0.496 e. The monoisotopic (exact) mass is 404 g/mol. The maximum absolute atomic E-state index is 12.1. The van der Waals surface area contributed by atoms with Gasteiger partial charge in [-0.05, 0) is 30.7 Å². The van der Waals surface area contributed by atoms with Crippen molar-refractivity contribution in [2.45, 2.75) is 25.6 Å². The molecule has 4 N–H and O–H groups in total. The molecule has 1 aromatic carbocycles. The molecule has 0 aliphatic rings. The Morgan fingerprint density at radius 3 is 2.29 bits per heavy atom. The third-order valence-corrected chi connectivity index (χ3v) is 3.62. The average molecular weight is 404 g/mol. The van der Waals surface area contributed by atoms with Crippen molar-refractivity contribution < 1.29 is 37.3 Å². The quantitative estimate of drug-likeness (QED) is 0.658. The number of hydrogen-bond acceptors (Lipinski definition) is 6. The number of carbonyl (C=O) groups excluding carboxylic acids is 1. The van der Waals surface area contributed by atoms with Gasteiger partial charge in [0.1, 0.15) is 11.8 Å². The van der Waals surface area contributed by atoms with E-state index in [0.717, 1.165) is 16.7 Å². The molecule has 0 bridgehead atoms. The standard InChI is InChI=1S/C15H18N2O4.C2HF3O2/c1-8-4-12-9(7-13(8)20-2)5-10(14(18)17-12)6-11(16)15(19)21-3;3-2(4,5)1(6)7/h4-5,7,11H,6,16H2,1-3H3,(H,17,18);(H,6,7)/t11-;/m0./s1. The number of aliphatic carboxylic acids is 1. The van der Waals surface area contributed by atoms with Crippen molar-refractivity contribution in [1.82, 2.24) is 4.98 Å². The number of aryl methyl sites for hydroxylation is 1. The van der Waals surface area contributed by atoms with E-state index in [1.165, 1.54) is 7.11 Å². The third kappa shape index (κ3) is 5.98. The van der Waals surface area contributed by atoms with Crippen LogP contribution < -0.4 is 16.0 Å². The van der Waals surface area contributed by atoms with Crippen molar-refractivity contribution in [3.05, 3.63) is 39.7 Å². The maximum atomic E-state index is 12.1. The molecule has 0 aliphatic heterocycles.